The van der Waals surface area contributed by atoms with Crippen LogP contribution in [-0.4, -0.2) is 46.1 Å². The Balaban J connectivity index is 2.28. The van der Waals surface area contributed by atoms with Gasteiger partial charge in [-0.25, -0.2) is 0 Å². The number of nitrogens with zero attached hydrogens (tertiary/aromatic N) is 1. The molecule has 6 heteroatoms. The minimum Gasteiger partial charge on any atom is -0.484 e. The third-order valence-electron chi connectivity index (χ3n) is 4.16. The SMILES string of the molecule is C=C1C2=C(C(=O)N1OC)[C@H](O)[C@](C)(O)[C@@H](CCCCC)O2. The molecule has 2 aliphatic heterocycles. The van der Waals surface area contributed by atoms with Crippen molar-refractivity contribution in [3.63, 3.8) is 0 Å². The summed E-state index contributed by atoms with van der Waals surface area (Å²) >= 11 is 0. The van der Waals surface area contributed by atoms with Crippen molar-refractivity contribution >= 4 is 5.91 Å². The molecule has 0 saturated carbocycles. The van der Waals surface area contributed by atoms with Crippen LogP contribution in [0, 0.1) is 0 Å². The van der Waals surface area contributed by atoms with Crippen molar-refractivity contribution in [2.45, 2.75) is 57.3 Å². The van der Waals surface area contributed by atoms with Crippen LogP contribution in [0.25, 0.3) is 0 Å². The predicted octanol–water partition coefficient (Wildman–Crippen LogP) is 1.25. The summed E-state index contributed by atoms with van der Waals surface area (Å²) in [4.78, 5) is 17.1. The molecule has 2 rings (SSSR count). The van der Waals surface area contributed by atoms with Gasteiger partial charge in [0.05, 0.1) is 12.7 Å². The Kier molecular flexibility index (Phi) is 4.41. The lowest BCUT2D eigenvalue weighted by Crippen LogP contribution is -2.55. The maximum absolute atomic E-state index is 12.2. The zero-order valence-corrected chi connectivity index (χ0v) is 12.8. The molecule has 6 nitrogen and oxygen atoms in total. The van der Waals surface area contributed by atoms with Crippen molar-refractivity contribution in [1.82, 2.24) is 5.06 Å². The Labute approximate surface area is 124 Å². The molecule has 2 heterocycles. The third-order valence-corrected chi connectivity index (χ3v) is 4.16. The van der Waals surface area contributed by atoms with E-state index < -0.39 is 23.7 Å². The lowest BCUT2D eigenvalue weighted by molar-refractivity contribution is -0.162. The molecule has 2 aliphatic rings. The minimum atomic E-state index is -1.52. The highest BCUT2D eigenvalue weighted by Crippen LogP contribution is 2.42. The predicted molar refractivity (Wildman–Crippen MR) is 75.7 cm³/mol. The van der Waals surface area contributed by atoms with Crippen LogP contribution in [-0.2, 0) is 14.4 Å². The van der Waals surface area contributed by atoms with Crippen LogP contribution < -0.4 is 0 Å². The molecule has 0 unspecified atom stereocenters. The first-order chi connectivity index (χ1) is 9.86. The molecule has 0 saturated heterocycles. The number of hydrogen-bond acceptors (Lipinski definition) is 5. The first-order valence-electron chi connectivity index (χ1n) is 7.25. The lowest BCUT2D eigenvalue weighted by Gasteiger charge is -2.40. The Morgan fingerprint density at radius 2 is 2.14 bits per heavy atom. The summed E-state index contributed by atoms with van der Waals surface area (Å²) in [6.07, 6.45) is 1.64. The van der Waals surface area contributed by atoms with Gasteiger partial charge in [-0.2, -0.15) is 5.06 Å². The molecule has 0 aliphatic carbocycles. The van der Waals surface area contributed by atoms with Gasteiger partial charge in [-0.3, -0.25) is 9.63 Å². The quantitative estimate of drug-likeness (QED) is 0.747. The highest BCUT2D eigenvalue weighted by molar-refractivity contribution is 6.00. The number of aliphatic hydroxyl groups excluding tert-OH is 1. The standard InChI is InChI=1S/C15H23NO5/c1-5-6-7-8-10-15(3,19)13(17)11-12(21-10)9(2)16(20-4)14(11)18/h10,13,17,19H,2,5-8H2,1,3-4H3/t10-,13+,15-/m1/s1. The zero-order chi connectivity index (χ0) is 15.8. The van der Waals surface area contributed by atoms with E-state index in [9.17, 15) is 15.0 Å². The number of carbonyl (C=O) groups excluding carboxylic acids is 1. The monoisotopic (exact) mass is 297 g/mol. The van der Waals surface area contributed by atoms with E-state index in [1.165, 1.54) is 14.0 Å². The number of hydroxylamine groups is 2. The van der Waals surface area contributed by atoms with Gasteiger partial charge in [0.15, 0.2) is 5.76 Å². The van der Waals surface area contributed by atoms with E-state index >= 15 is 0 Å². The molecule has 0 fully saturated rings. The van der Waals surface area contributed by atoms with E-state index in [1.807, 2.05) is 0 Å². The van der Waals surface area contributed by atoms with E-state index in [2.05, 4.69) is 13.5 Å². The van der Waals surface area contributed by atoms with E-state index in [4.69, 9.17) is 9.57 Å². The summed E-state index contributed by atoms with van der Waals surface area (Å²) in [5, 5.41) is 21.9. The van der Waals surface area contributed by atoms with Gasteiger partial charge < -0.3 is 14.9 Å². The normalized spacial score (nSPS) is 32.5. The van der Waals surface area contributed by atoms with Gasteiger partial charge in [-0.05, 0) is 19.8 Å². The smallest absolute Gasteiger partial charge is 0.284 e. The summed E-state index contributed by atoms with van der Waals surface area (Å²) in [5.74, 6) is -0.320. The molecule has 0 aromatic rings. The Bertz CT molecular complexity index is 482. The van der Waals surface area contributed by atoms with Crippen molar-refractivity contribution in [2.75, 3.05) is 7.11 Å². The molecule has 0 radical (unpaired) electrons. The van der Waals surface area contributed by atoms with Crippen molar-refractivity contribution in [3.05, 3.63) is 23.6 Å². The van der Waals surface area contributed by atoms with Crippen LogP contribution in [0.5, 0.6) is 0 Å². The fourth-order valence-corrected chi connectivity index (χ4v) is 2.80. The van der Waals surface area contributed by atoms with Crippen LogP contribution >= 0.6 is 0 Å². The van der Waals surface area contributed by atoms with Crippen LogP contribution in [0.15, 0.2) is 23.6 Å². The molecule has 2 N–H and O–H groups in total. The molecule has 0 spiro atoms. The van der Waals surface area contributed by atoms with Gasteiger partial charge in [-0.1, -0.05) is 26.3 Å². The molecule has 0 aromatic carbocycles. The Morgan fingerprint density at radius 1 is 1.48 bits per heavy atom. The number of rotatable bonds is 5. The van der Waals surface area contributed by atoms with Gasteiger partial charge in [0.2, 0.25) is 0 Å². The summed E-state index contributed by atoms with van der Waals surface area (Å²) in [6.45, 7) is 7.34. The van der Waals surface area contributed by atoms with Crippen molar-refractivity contribution < 1.29 is 24.6 Å². The van der Waals surface area contributed by atoms with Crippen LogP contribution in [0.2, 0.25) is 0 Å². The summed E-state index contributed by atoms with van der Waals surface area (Å²) in [7, 11) is 1.34. The second kappa shape index (κ2) is 5.79. The van der Waals surface area contributed by atoms with E-state index in [1.54, 1.807) is 0 Å². The zero-order valence-electron chi connectivity index (χ0n) is 12.8. The maximum atomic E-state index is 12.2. The van der Waals surface area contributed by atoms with Gasteiger partial charge in [0, 0.05) is 0 Å². The topological polar surface area (TPSA) is 79.2 Å². The number of ether oxygens (including phenoxy) is 1. The third kappa shape index (κ3) is 2.47. The van der Waals surface area contributed by atoms with Crippen LogP contribution in [0.3, 0.4) is 0 Å². The average Bonchev–Trinajstić information content (AvgIpc) is 2.67. The molecule has 0 bridgehead atoms. The van der Waals surface area contributed by atoms with Crippen molar-refractivity contribution in [1.29, 1.82) is 0 Å². The Morgan fingerprint density at radius 3 is 2.71 bits per heavy atom. The largest absolute Gasteiger partial charge is 0.484 e. The maximum Gasteiger partial charge on any atom is 0.284 e. The number of carbonyl (C=O) groups is 1. The fourth-order valence-electron chi connectivity index (χ4n) is 2.80. The van der Waals surface area contributed by atoms with Crippen LogP contribution in [0.1, 0.15) is 39.5 Å². The lowest BCUT2D eigenvalue weighted by atomic mass is 9.82. The summed E-state index contributed by atoms with van der Waals surface area (Å²) in [5.41, 5.74) is -1.25. The van der Waals surface area contributed by atoms with Gasteiger partial charge in [-0.15, -0.1) is 0 Å². The van der Waals surface area contributed by atoms with E-state index in [0.717, 1.165) is 24.3 Å². The van der Waals surface area contributed by atoms with Gasteiger partial charge in [0.25, 0.3) is 5.91 Å². The molecular weight excluding hydrogens is 274 g/mol. The van der Waals surface area contributed by atoms with Crippen molar-refractivity contribution in [2.24, 2.45) is 0 Å². The first-order valence-corrected chi connectivity index (χ1v) is 7.25. The van der Waals surface area contributed by atoms with Crippen LogP contribution in [0.4, 0.5) is 0 Å². The van der Waals surface area contributed by atoms with Gasteiger partial charge >= 0.3 is 0 Å². The second-order valence-electron chi connectivity index (χ2n) is 5.70. The highest BCUT2D eigenvalue weighted by atomic mass is 16.7. The Hall–Kier alpha value is -1.37. The average molecular weight is 297 g/mol. The summed E-state index contributed by atoms with van der Waals surface area (Å²) < 4.78 is 5.78. The molecule has 3 atom stereocenters. The molecule has 21 heavy (non-hydrogen) atoms. The molecule has 118 valence electrons. The fraction of sp³-hybridized carbons (Fsp3) is 0.667. The number of amides is 1. The second-order valence-corrected chi connectivity index (χ2v) is 5.70. The molecule has 1 amide bonds. The van der Waals surface area contributed by atoms with Crippen molar-refractivity contribution in [3.8, 4) is 0 Å². The highest BCUT2D eigenvalue weighted by Gasteiger charge is 2.54. The first kappa shape index (κ1) is 16.0. The van der Waals surface area contributed by atoms with E-state index in [0.29, 0.717) is 6.42 Å². The number of hydrogen-bond donors (Lipinski definition) is 2. The molecular formula is C15H23NO5. The molecule has 0 aromatic heterocycles. The summed E-state index contributed by atoms with van der Waals surface area (Å²) in [6, 6.07) is 0. The number of unbranched alkanes of at least 4 members (excludes halogenated alkanes) is 2. The van der Waals surface area contributed by atoms with Gasteiger partial charge in [0.1, 0.15) is 23.5 Å². The van der Waals surface area contributed by atoms with E-state index in [-0.39, 0.29) is 17.0 Å². The minimum absolute atomic E-state index is 0.0126. The number of aliphatic hydroxyl groups is 2.